The molecule has 7 aromatic carbocycles. The Kier molecular flexibility index (Phi) is 15.6. The molecule has 0 aromatic heterocycles. The van der Waals surface area contributed by atoms with Gasteiger partial charge >= 0.3 is 0 Å². The first-order valence-corrected chi connectivity index (χ1v) is 18.3. The number of hydrogen-bond acceptors (Lipinski definition) is 5. The summed E-state index contributed by atoms with van der Waals surface area (Å²) in [6, 6.07) is 51.2. The molecule has 0 bridgehead atoms. The van der Waals surface area contributed by atoms with E-state index in [1.165, 1.54) is 22.3 Å². The van der Waals surface area contributed by atoms with Gasteiger partial charge in [-0.05, 0) is 134 Å². The summed E-state index contributed by atoms with van der Waals surface area (Å²) in [6.45, 7) is 6.14. The van der Waals surface area contributed by atoms with E-state index in [0.717, 1.165) is 51.7 Å². The van der Waals surface area contributed by atoms with Crippen molar-refractivity contribution in [1.29, 1.82) is 0 Å². The lowest BCUT2D eigenvalue weighted by molar-refractivity contribution is 0.460. The summed E-state index contributed by atoms with van der Waals surface area (Å²) in [5.41, 5.74) is 27.7. The van der Waals surface area contributed by atoms with Gasteiger partial charge in [0.15, 0.2) is 0 Å². The van der Waals surface area contributed by atoms with Gasteiger partial charge in [0, 0.05) is 28.5 Å². The molecular formula is C48H49Cl2N3O2. The van der Waals surface area contributed by atoms with Crippen LogP contribution < -0.4 is 26.7 Å². The molecule has 6 N–H and O–H groups in total. The zero-order valence-electron chi connectivity index (χ0n) is 30.7. The standard InChI is InChI=1S/C19H17NO2.C14H13Cl2N.C14H15N.CH4/c1-14-5-2-7-16(11-14)21-18-9-4-10-19(13-18)22-17-8-3-6-15(20)12-17;1-9-2-3-10(7-12(9)15)6-11-4-5-14(17)13(16)8-11;1-11-4-2-5-12(8-11)9-13-6-3-7-14(15)10-13;/h2-13H,20H2,1H3;2-5,7-8H,6,17H2,1H3;2-8,10H,9,15H2,1H3;1H4. The molecule has 0 aliphatic heterocycles. The maximum absolute atomic E-state index is 6.09. The highest BCUT2D eigenvalue weighted by atomic mass is 35.5. The van der Waals surface area contributed by atoms with Gasteiger partial charge in [0.25, 0.3) is 0 Å². The fourth-order valence-electron chi connectivity index (χ4n) is 5.55. The molecular weight excluding hydrogens is 721 g/mol. The zero-order chi connectivity index (χ0) is 38.5. The molecule has 0 saturated heterocycles. The van der Waals surface area contributed by atoms with E-state index >= 15 is 0 Å². The minimum absolute atomic E-state index is 0. The molecule has 0 saturated carbocycles. The van der Waals surface area contributed by atoms with E-state index in [4.69, 9.17) is 49.9 Å². The smallest absolute Gasteiger partial charge is 0.131 e. The summed E-state index contributed by atoms with van der Waals surface area (Å²) in [7, 11) is 0. The van der Waals surface area contributed by atoms with Crippen LogP contribution in [0.15, 0.2) is 158 Å². The Morgan fingerprint density at radius 2 is 0.855 bits per heavy atom. The van der Waals surface area contributed by atoms with Crippen molar-refractivity contribution in [3.63, 3.8) is 0 Å². The van der Waals surface area contributed by atoms with Crippen molar-refractivity contribution in [2.45, 2.75) is 41.0 Å². The van der Waals surface area contributed by atoms with Gasteiger partial charge in [-0.1, -0.05) is 115 Å². The normalized spacial score (nSPS) is 10.1. The fraction of sp³-hybridized carbons (Fsp3) is 0.125. The van der Waals surface area contributed by atoms with Crippen LogP contribution in [0.1, 0.15) is 46.4 Å². The fourth-order valence-corrected chi connectivity index (χ4v) is 5.96. The molecule has 0 spiro atoms. The van der Waals surface area contributed by atoms with Gasteiger partial charge in [-0.15, -0.1) is 0 Å². The lowest BCUT2D eigenvalue weighted by atomic mass is 10.0. The van der Waals surface area contributed by atoms with Crippen LogP contribution in [0.25, 0.3) is 0 Å². The van der Waals surface area contributed by atoms with Crippen molar-refractivity contribution in [2.24, 2.45) is 0 Å². The number of hydrogen-bond donors (Lipinski definition) is 3. The molecule has 0 aliphatic rings. The molecule has 0 amide bonds. The second-order valence-corrected chi connectivity index (χ2v) is 13.9. The van der Waals surface area contributed by atoms with Crippen LogP contribution in [-0.4, -0.2) is 0 Å². The van der Waals surface area contributed by atoms with Gasteiger partial charge in [-0.2, -0.15) is 0 Å². The third kappa shape index (κ3) is 13.8. The highest BCUT2D eigenvalue weighted by Gasteiger charge is 2.04. The first-order valence-electron chi connectivity index (χ1n) is 17.6. The Balaban J connectivity index is 0.000000186. The Bertz CT molecular complexity index is 2150. The van der Waals surface area contributed by atoms with E-state index in [0.29, 0.717) is 27.9 Å². The van der Waals surface area contributed by atoms with Gasteiger partial charge in [0.2, 0.25) is 0 Å². The van der Waals surface area contributed by atoms with Crippen LogP contribution in [0, 0.1) is 20.8 Å². The predicted molar refractivity (Wildman–Crippen MR) is 235 cm³/mol. The predicted octanol–water partition coefficient (Wildman–Crippen LogP) is 13.4. The van der Waals surface area contributed by atoms with E-state index in [-0.39, 0.29) is 7.43 Å². The second-order valence-electron chi connectivity index (χ2n) is 13.1. The number of rotatable bonds is 8. The Labute approximate surface area is 336 Å². The topological polar surface area (TPSA) is 96.5 Å². The van der Waals surface area contributed by atoms with E-state index in [2.05, 4.69) is 43.3 Å². The lowest BCUT2D eigenvalue weighted by Gasteiger charge is -2.10. The third-order valence-corrected chi connectivity index (χ3v) is 9.01. The molecule has 0 heterocycles. The SMILES string of the molecule is C.Cc1ccc(Cc2ccc(N)c(Cl)c2)cc1Cl.Cc1cccc(Cc2cccc(N)c2)c1.Cc1cccc(Oc2cccc(Oc3cccc(N)c3)c2)c1. The number of halogens is 2. The first kappa shape index (κ1) is 41.9. The molecule has 7 aromatic rings. The summed E-state index contributed by atoms with van der Waals surface area (Å²) in [5, 5.41) is 1.39. The van der Waals surface area contributed by atoms with Crippen LogP contribution in [0.4, 0.5) is 17.1 Å². The van der Waals surface area contributed by atoms with Gasteiger partial charge in [0.1, 0.15) is 23.0 Å². The number of ether oxygens (including phenoxy) is 2. The maximum atomic E-state index is 6.09. The molecule has 0 unspecified atom stereocenters. The Morgan fingerprint density at radius 3 is 1.40 bits per heavy atom. The average molecular weight is 771 g/mol. The number of benzene rings is 7. The van der Waals surface area contributed by atoms with Crippen molar-refractivity contribution in [1.82, 2.24) is 0 Å². The Morgan fingerprint density at radius 1 is 0.418 bits per heavy atom. The molecule has 7 heteroatoms. The molecule has 55 heavy (non-hydrogen) atoms. The summed E-state index contributed by atoms with van der Waals surface area (Å²) in [5.74, 6) is 2.94. The zero-order valence-corrected chi connectivity index (χ0v) is 32.2. The van der Waals surface area contributed by atoms with Crippen molar-refractivity contribution >= 4 is 40.3 Å². The maximum Gasteiger partial charge on any atom is 0.131 e. The second kappa shape index (κ2) is 20.5. The van der Waals surface area contributed by atoms with Gasteiger partial charge in [-0.25, -0.2) is 0 Å². The van der Waals surface area contributed by atoms with Crippen LogP contribution >= 0.6 is 23.2 Å². The van der Waals surface area contributed by atoms with E-state index < -0.39 is 0 Å². The number of aryl methyl sites for hydroxylation is 3. The summed E-state index contributed by atoms with van der Waals surface area (Å²) in [6.07, 6.45) is 1.76. The van der Waals surface area contributed by atoms with Crippen molar-refractivity contribution < 1.29 is 9.47 Å². The highest BCUT2D eigenvalue weighted by molar-refractivity contribution is 6.33. The largest absolute Gasteiger partial charge is 0.457 e. The van der Waals surface area contributed by atoms with Crippen LogP contribution in [0.2, 0.25) is 10.0 Å². The van der Waals surface area contributed by atoms with Gasteiger partial charge in [0.05, 0.1) is 10.7 Å². The first-order chi connectivity index (χ1) is 26.0. The molecule has 0 radical (unpaired) electrons. The third-order valence-electron chi connectivity index (χ3n) is 8.28. The molecule has 7 rings (SSSR count). The van der Waals surface area contributed by atoms with E-state index in [1.54, 1.807) is 6.07 Å². The van der Waals surface area contributed by atoms with Gasteiger partial charge in [-0.3, -0.25) is 0 Å². The van der Waals surface area contributed by atoms with Crippen molar-refractivity contribution in [3.05, 3.63) is 207 Å². The highest BCUT2D eigenvalue weighted by Crippen LogP contribution is 2.29. The molecule has 5 nitrogen and oxygen atoms in total. The summed E-state index contributed by atoms with van der Waals surface area (Å²) < 4.78 is 11.7. The lowest BCUT2D eigenvalue weighted by Crippen LogP contribution is -1.92. The number of nitrogens with two attached hydrogens (primary N) is 3. The summed E-state index contributed by atoms with van der Waals surface area (Å²) >= 11 is 12.1. The number of anilines is 3. The van der Waals surface area contributed by atoms with Crippen molar-refractivity contribution in [3.8, 4) is 23.0 Å². The number of nitrogen functional groups attached to an aromatic ring is 3. The minimum Gasteiger partial charge on any atom is -0.457 e. The monoisotopic (exact) mass is 769 g/mol. The van der Waals surface area contributed by atoms with Crippen LogP contribution in [-0.2, 0) is 12.8 Å². The quantitative estimate of drug-likeness (QED) is 0.134. The van der Waals surface area contributed by atoms with Crippen LogP contribution in [0.5, 0.6) is 23.0 Å². The molecule has 0 atom stereocenters. The molecule has 0 aliphatic carbocycles. The van der Waals surface area contributed by atoms with Gasteiger partial charge < -0.3 is 26.7 Å². The van der Waals surface area contributed by atoms with Crippen molar-refractivity contribution in [2.75, 3.05) is 17.2 Å². The molecule has 282 valence electrons. The Hall–Kier alpha value is -5.88. The minimum atomic E-state index is 0. The molecule has 0 fully saturated rings. The van der Waals surface area contributed by atoms with Crippen LogP contribution in [0.3, 0.4) is 0 Å². The average Bonchev–Trinajstić information content (AvgIpc) is 3.12. The van der Waals surface area contributed by atoms with E-state index in [9.17, 15) is 0 Å². The van der Waals surface area contributed by atoms with E-state index in [1.807, 2.05) is 129 Å². The summed E-state index contributed by atoms with van der Waals surface area (Å²) in [4.78, 5) is 0.